The Kier molecular flexibility index (Phi) is 3.59. The summed E-state index contributed by atoms with van der Waals surface area (Å²) in [4.78, 5) is 13.4. The van der Waals surface area contributed by atoms with Crippen molar-refractivity contribution in [3.8, 4) is 6.07 Å². The van der Waals surface area contributed by atoms with Gasteiger partial charge in [0, 0.05) is 18.9 Å². The van der Waals surface area contributed by atoms with E-state index in [9.17, 15) is 4.79 Å². The second-order valence-electron chi connectivity index (χ2n) is 4.08. The Balaban J connectivity index is 2.50. The average molecular weight is 238 g/mol. The van der Waals surface area contributed by atoms with E-state index in [-0.39, 0.29) is 5.91 Å². The summed E-state index contributed by atoms with van der Waals surface area (Å²) < 4.78 is 0. The fraction of sp³-hybridized carbons (Fsp3) is 0.200. The Labute approximate surface area is 106 Å². The van der Waals surface area contributed by atoms with Gasteiger partial charge >= 0.3 is 0 Å². The van der Waals surface area contributed by atoms with E-state index in [0.717, 1.165) is 16.5 Å². The number of nitriles is 1. The summed E-state index contributed by atoms with van der Waals surface area (Å²) in [5.74, 6) is -0.0402. The normalized spacial score (nSPS) is 10.0. The molecule has 0 atom stereocenters. The van der Waals surface area contributed by atoms with E-state index in [4.69, 9.17) is 5.26 Å². The molecule has 0 saturated carbocycles. The summed E-state index contributed by atoms with van der Waals surface area (Å²) in [6, 6.07) is 15.9. The van der Waals surface area contributed by atoms with Gasteiger partial charge in [0.2, 0.25) is 5.91 Å². The number of rotatable bonds is 3. The number of hydrogen-bond donors (Lipinski definition) is 0. The third-order valence-electron chi connectivity index (χ3n) is 2.88. The lowest BCUT2D eigenvalue weighted by Gasteiger charge is -2.21. The molecule has 2 aromatic rings. The van der Waals surface area contributed by atoms with E-state index < -0.39 is 0 Å². The van der Waals surface area contributed by atoms with Crippen LogP contribution in [0, 0.1) is 11.3 Å². The molecule has 0 aliphatic carbocycles. The molecule has 0 heterocycles. The minimum Gasteiger partial charge on any atom is -0.311 e. The Bertz CT molecular complexity index is 608. The van der Waals surface area contributed by atoms with E-state index in [1.807, 2.05) is 42.5 Å². The second-order valence-corrected chi connectivity index (χ2v) is 4.08. The van der Waals surface area contributed by atoms with Crippen molar-refractivity contribution in [2.45, 2.75) is 13.3 Å². The highest BCUT2D eigenvalue weighted by Gasteiger charge is 2.13. The Morgan fingerprint density at radius 1 is 1.22 bits per heavy atom. The average Bonchev–Trinajstić information content (AvgIpc) is 2.39. The molecule has 0 aromatic heterocycles. The third kappa shape index (κ3) is 2.33. The highest BCUT2D eigenvalue weighted by Crippen LogP contribution is 2.26. The van der Waals surface area contributed by atoms with E-state index in [1.165, 1.54) is 6.92 Å². The molecule has 0 bridgehead atoms. The van der Waals surface area contributed by atoms with Gasteiger partial charge in [0.1, 0.15) is 0 Å². The van der Waals surface area contributed by atoms with Crippen molar-refractivity contribution in [3.63, 3.8) is 0 Å². The second kappa shape index (κ2) is 5.33. The van der Waals surface area contributed by atoms with Crippen molar-refractivity contribution in [2.75, 3.05) is 11.4 Å². The van der Waals surface area contributed by atoms with Crippen LogP contribution in [-0.4, -0.2) is 12.5 Å². The molecule has 0 aliphatic rings. The van der Waals surface area contributed by atoms with Crippen LogP contribution in [0.25, 0.3) is 10.8 Å². The smallest absolute Gasteiger partial charge is 0.223 e. The fourth-order valence-electron chi connectivity index (χ4n) is 2.05. The molecule has 18 heavy (non-hydrogen) atoms. The lowest BCUT2D eigenvalue weighted by Crippen LogP contribution is -2.29. The molecule has 1 amide bonds. The van der Waals surface area contributed by atoms with Crippen molar-refractivity contribution in [1.82, 2.24) is 0 Å². The molecule has 3 nitrogen and oxygen atoms in total. The molecule has 0 unspecified atom stereocenters. The summed E-state index contributed by atoms with van der Waals surface area (Å²) in [6.45, 7) is 1.96. The SMILES string of the molecule is CC(=O)N(CCC#N)c1cccc2ccccc12. The van der Waals surface area contributed by atoms with Crippen molar-refractivity contribution >= 4 is 22.4 Å². The van der Waals surface area contributed by atoms with Gasteiger partial charge in [0.15, 0.2) is 0 Å². The number of benzene rings is 2. The zero-order chi connectivity index (χ0) is 13.0. The molecule has 0 radical (unpaired) electrons. The van der Waals surface area contributed by atoms with Gasteiger partial charge in [-0.15, -0.1) is 0 Å². The minimum absolute atomic E-state index is 0.0402. The van der Waals surface area contributed by atoms with Crippen LogP contribution in [0.5, 0.6) is 0 Å². The zero-order valence-electron chi connectivity index (χ0n) is 10.3. The topological polar surface area (TPSA) is 44.1 Å². The highest BCUT2D eigenvalue weighted by molar-refractivity contribution is 6.02. The van der Waals surface area contributed by atoms with E-state index >= 15 is 0 Å². The first-order valence-corrected chi connectivity index (χ1v) is 5.87. The minimum atomic E-state index is -0.0402. The van der Waals surface area contributed by atoms with Crippen LogP contribution in [0.2, 0.25) is 0 Å². The first-order valence-electron chi connectivity index (χ1n) is 5.87. The Morgan fingerprint density at radius 2 is 1.94 bits per heavy atom. The third-order valence-corrected chi connectivity index (χ3v) is 2.88. The maximum atomic E-state index is 11.7. The fourth-order valence-corrected chi connectivity index (χ4v) is 2.05. The number of carbonyl (C=O) groups is 1. The number of hydrogen-bond acceptors (Lipinski definition) is 2. The molecule has 0 fully saturated rings. The van der Waals surface area contributed by atoms with Crippen LogP contribution >= 0.6 is 0 Å². The monoisotopic (exact) mass is 238 g/mol. The summed E-state index contributed by atoms with van der Waals surface area (Å²) in [7, 11) is 0. The molecular weight excluding hydrogens is 224 g/mol. The van der Waals surface area contributed by atoms with Crippen LogP contribution < -0.4 is 4.90 Å². The standard InChI is InChI=1S/C15H14N2O/c1-12(18)17(11-5-10-16)15-9-4-7-13-6-2-3-8-14(13)15/h2-4,6-9H,5,11H2,1H3. The van der Waals surface area contributed by atoms with Crippen LogP contribution in [0.4, 0.5) is 5.69 Å². The molecule has 3 heteroatoms. The first-order chi connectivity index (χ1) is 8.74. The Morgan fingerprint density at radius 3 is 2.67 bits per heavy atom. The number of anilines is 1. The van der Waals surface area contributed by atoms with Crippen molar-refractivity contribution in [3.05, 3.63) is 42.5 Å². The van der Waals surface area contributed by atoms with Crippen LogP contribution in [0.3, 0.4) is 0 Å². The number of nitrogens with zero attached hydrogens (tertiary/aromatic N) is 2. The zero-order valence-corrected chi connectivity index (χ0v) is 10.3. The van der Waals surface area contributed by atoms with E-state index in [0.29, 0.717) is 13.0 Å². The van der Waals surface area contributed by atoms with E-state index in [2.05, 4.69) is 6.07 Å². The number of carbonyl (C=O) groups excluding carboxylic acids is 1. The lowest BCUT2D eigenvalue weighted by molar-refractivity contribution is -0.116. The molecule has 0 aliphatic heterocycles. The first kappa shape index (κ1) is 12.1. The summed E-state index contributed by atoms with van der Waals surface area (Å²) in [6.07, 6.45) is 0.336. The van der Waals surface area contributed by atoms with Crippen molar-refractivity contribution in [2.24, 2.45) is 0 Å². The van der Waals surface area contributed by atoms with Gasteiger partial charge in [0.05, 0.1) is 18.2 Å². The predicted molar refractivity (Wildman–Crippen MR) is 72.2 cm³/mol. The molecule has 0 saturated heterocycles. The lowest BCUT2D eigenvalue weighted by atomic mass is 10.1. The van der Waals surface area contributed by atoms with E-state index in [1.54, 1.807) is 4.90 Å². The van der Waals surface area contributed by atoms with Gasteiger partial charge in [0.25, 0.3) is 0 Å². The highest BCUT2D eigenvalue weighted by atomic mass is 16.2. The van der Waals surface area contributed by atoms with Gasteiger partial charge in [-0.2, -0.15) is 5.26 Å². The number of fused-ring (bicyclic) bond motifs is 1. The molecule has 90 valence electrons. The van der Waals surface area contributed by atoms with Gasteiger partial charge < -0.3 is 4.90 Å². The molecule has 0 N–H and O–H groups in total. The maximum absolute atomic E-state index is 11.7. The van der Waals surface area contributed by atoms with Gasteiger partial charge in [-0.25, -0.2) is 0 Å². The maximum Gasteiger partial charge on any atom is 0.223 e. The molecule has 2 rings (SSSR count). The molecule has 2 aromatic carbocycles. The largest absolute Gasteiger partial charge is 0.311 e. The summed E-state index contributed by atoms with van der Waals surface area (Å²) in [5.41, 5.74) is 0.871. The van der Waals surface area contributed by atoms with Gasteiger partial charge in [-0.05, 0) is 11.5 Å². The molecular formula is C15H14N2O. The van der Waals surface area contributed by atoms with Crippen molar-refractivity contribution < 1.29 is 4.79 Å². The Hall–Kier alpha value is -2.34. The quantitative estimate of drug-likeness (QED) is 0.824. The predicted octanol–water partition coefficient (Wildman–Crippen LogP) is 3.11. The van der Waals surface area contributed by atoms with Gasteiger partial charge in [-0.3, -0.25) is 4.79 Å². The van der Waals surface area contributed by atoms with Crippen LogP contribution in [0.1, 0.15) is 13.3 Å². The van der Waals surface area contributed by atoms with Crippen LogP contribution in [-0.2, 0) is 4.79 Å². The summed E-state index contributed by atoms with van der Waals surface area (Å²) >= 11 is 0. The number of amides is 1. The van der Waals surface area contributed by atoms with Crippen LogP contribution in [0.15, 0.2) is 42.5 Å². The van der Waals surface area contributed by atoms with Crippen molar-refractivity contribution in [1.29, 1.82) is 5.26 Å². The van der Waals surface area contributed by atoms with Gasteiger partial charge in [-0.1, -0.05) is 36.4 Å². The summed E-state index contributed by atoms with van der Waals surface area (Å²) in [5, 5.41) is 10.8. The molecule has 0 spiro atoms.